The van der Waals surface area contributed by atoms with Gasteiger partial charge in [0.1, 0.15) is 0 Å². The van der Waals surface area contributed by atoms with Gasteiger partial charge in [-0.05, 0) is 19.3 Å². The van der Waals surface area contributed by atoms with E-state index < -0.39 is 6.09 Å². The highest BCUT2D eigenvalue weighted by molar-refractivity contribution is 5.65. The summed E-state index contributed by atoms with van der Waals surface area (Å²) in [6.45, 7) is 0.529. The van der Waals surface area contributed by atoms with Crippen molar-refractivity contribution in [3.63, 3.8) is 0 Å². The summed E-state index contributed by atoms with van der Waals surface area (Å²) < 4.78 is 0. The summed E-state index contributed by atoms with van der Waals surface area (Å²) in [6, 6.07) is 0.0718. The van der Waals surface area contributed by atoms with Crippen LogP contribution in [0.4, 0.5) is 4.79 Å². The lowest BCUT2D eigenvalue weighted by molar-refractivity contribution is -0.0389. The summed E-state index contributed by atoms with van der Waals surface area (Å²) in [5.41, 5.74) is 0. The van der Waals surface area contributed by atoms with E-state index in [1.165, 1.54) is 4.90 Å². The average molecular weight is 171 g/mol. The molecular weight excluding hydrogens is 158 g/mol. The molecule has 3 aliphatic rings. The number of aliphatic hydroxyl groups excluding tert-OH is 1. The molecule has 0 aromatic carbocycles. The zero-order valence-electron chi connectivity index (χ0n) is 6.81. The molecule has 0 aromatic heterocycles. The maximum absolute atomic E-state index is 10.7. The van der Waals surface area contributed by atoms with Crippen LogP contribution in [-0.4, -0.2) is 39.9 Å². The fraction of sp³-hybridized carbons (Fsp3) is 0.875. The van der Waals surface area contributed by atoms with Crippen LogP contribution < -0.4 is 0 Å². The first kappa shape index (κ1) is 7.86. The van der Waals surface area contributed by atoms with Gasteiger partial charge in [0, 0.05) is 18.5 Å². The van der Waals surface area contributed by atoms with Crippen LogP contribution in [0.15, 0.2) is 0 Å². The monoisotopic (exact) mass is 171 g/mol. The molecule has 3 rings (SSSR count). The van der Waals surface area contributed by atoms with Crippen molar-refractivity contribution in [1.29, 1.82) is 0 Å². The first-order valence-electron chi connectivity index (χ1n) is 4.36. The van der Waals surface area contributed by atoms with Crippen LogP contribution in [0.2, 0.25) is 0 Å². The smallest absolute Gasteiger partial charge is 0.407 e. The van der Waals surface area contributed by atoms with Crippen molar-refractivity contribution in [2.75, 3.05) is 6.54 Å². The largest absolute Gasteiger partial charge is 0.465 e. The molecule has 2 aliphatic heterocycles. The zero-order chi connectivity index (χ0) is 8.72. The molecule has 0 radical (unpaired) electrons. The number of rotatable bonds is 0. The third-order valence-corrected chi connectivity index (χ3v) is 3.05. The van der Waals surface area contributed by atoms with E-state index in [-0.39, 0.29) is 18.1 Å². The molecule has 4 nitrogen and oxygen atoms in total. The molecule has 2 saturated heterocycles. The minimum atomic E-state index is -0.836. The van der Waals surface area contributed by atoms with Crippen LogP contribution in [0.5, 0.6) is 0 Å². The third-order valence-electron chi connectivity index (χ3n) is 3.05. The molecule has 1 aliphatic carbocycles. The Bertz CT molecular complexity index is 206. The normalized spacial score (nSPS) is 40.1. The lowest BCUT2D eigenvalue weighted by Crippen LogP contribution is -2.55. The van der Waals surface area contributed by atoms with Crippen molar-refractivity contribution in [3.05, 3.63) is 0 Å². The molecule has 0 aromatic rings. The second-order valence-corrected chi connectivity index (χ2v) is 3.73. The Hall–Kier alpha value is -0.770. The second kappa shape index (κ2) is 2.62. The molecular formula is C8H13NO3. The summed E-state index contributed by atoms with van der Waals surface area (Å²) in [5, 5.41) is 18.3. The van der Waals surface area contributed by atoms with Crippen molar-refractivity contribution in [1.82, 2.24) is 4.90 Å². The Morgan fingerprint density at radius 1 is 1.42 bits per heavy atom. The standard InChI is InChI=1S/C8H13NO3/c10-7-3-6-2-1-5(7)4-9(6)8(11)12/h5-7,10H,1-4H2,(H,11,12). The van der Waals surface area contributed by atoms with Gasteiger partial charge in [-0.3, -0.25) is 0 Å². The second-order valence-electron chi connectivity index (χ2n) is 3.73. The average Bonchev–Trinajstić information content (AvgIpc) is 2.04. The van der Waals surface area contributed by atoms with Gasteiger partial charge in [0.05, 0.1) is 6.10 Å². The molecule has 0 spiro atoms. The Balaban J connectivity index is 2.10. The lowest BCUT2D eigenvalue weighted by atomic mass is 9.78. The predicted molar refractivity (Wildman–Crippen MR) is 41.9 cm³/mol. The summed E-state index contributed by atoms with van der Waals surface area (Å²) in [7, 11) is 0. The van der Waals surface area contributed by atoms with Crippen LogP contribution in [0.3, 0.4) is 0 Å². The molecule has 3 fully saturated rings. The van der Waals surface area contributed by atoms with Crippen molar-refractivity contribution in [2.45, 2.75) is 31.4 Å². The number of hydrogen-bond donors (Lipinski definition) is 2. The molecule has 2 N–H and O–H groups in total. The van der Waals surface area contributed by atoms with Gasteiger partial charge < -0.3 is 15.1 Å². The quantitative estimate of drug-likeness (QED) is 0.558. The van der Waals surface area contributed by atoms with Crippen molar-refractivity contribution in [3.8, 4) is 0 Å². The Morgan fingerprint density at radius 3 is 2.58 bits per heavy atom. The number of piperidine rings is 2. The van der Waals surface area contributed by atoms with E-state index >= 15 is 0 Å². The summed E-state index contributed by atoms with van der Waals surface area (Å²) >= 11 is 0. The topological polar surface area (TPSA) is 60.8 Å². The highest BCUT2D eigenvalue weighted by Crippen LogP contribution is 2.34. The van der Waals surface area contributed by atoms with E-state index in [0.717, 1.165) is 12.8 Å². The first-order chi connectivity index (χ1) is 5.68. The fourth-order valence-electron chi connectivity index (χ4n) is 2.32. The third kappa shape index (κ3) is 1.06. The molecule has 3 unspecified atom stereocenters. The van der Waals surface area contributed by atoms with Crippen LogP contribution in [0.1, 0.15) is 19.3 Å². The molecule has 12 heavy (non-hydrogen) atoms. The molecule has 1 amide bonds. The molecule has 3 atom stereocenters. The van der Waals surface area contributed by atoms with E-state index in [1.54, 1.807) is 0 Å². The minimum absolute atomic E-state index is 0.0718. The van der Waals surface area contributed by atoms with E-state index in [9.17, 15) is 9.90 Å². The Labute approximate surface area is 70.8 Å². The maximum atomic E-state index is 10.7. The molecule has 2 heterocycles. The van der Waals surface area contributed by atoms with E-state index in [1.807, 2.05) is 0 Å². The number of amides is 1. The van der Waals surface area contributed by atoms with Gasteiger partial charge in [0.15, 0.2) is 0 Å². The van der Waals surface area contributed by atoms with Crippen LogP contribution in [-0.2, 0) is 0 Å². The first-order valence-corrected chi connectivity index (χ1v) is 4.36. The van der Waals surface area contributed by atoms with E-state index in [2.05, 4.69) is 0 Å². The number of aliphatic hydroxyl groups is 1. The van der Waals surface area contributed by atoms with Crippen molar-refractivity contribution in [2.24, 2.45) is 5.92 Å². The number of carbonyl (C=O) groups is 1. The number of carboxylic acid groups (broad SMARTS) is 1. The van der Waals surface area contributed by atoms with Crippen LogP contribution in [0.25, 0.3) is 0 Å². The lowest BCUT2D eigenvalue weighted by Gasteiger charge is -2.46. The summed E-state index contributed by atoms with van der Waals surface area (Å²) in [4.78, 5) is 12.2. The Kier molecular flexibility index (Phi) is 1.72. The number of hydrogen-bond acceptors (Lipinski definition) is 2. The molecule has 2 bridgehead atoms. The predicted octanol–water partition coefficient (Wildman–Crippen LogP) is 0.510. The molecule has 4 heteroatoms. The highest BCUT2D eigenvalue weighted by Gasteiger charge is 2.41. The number of nitrogens with zero attached hydrogens (tertiary/aromatic N) is 1. The fourth-order valence-corrected chi connectivity index (χ4v) is 2.32. The maximum Gasteiger partial charge on any atom is 0.407 e. The number of fused-ring (bicyclic) bond motifs is 3. The van der Waals surface area contributed by atoms with Gasteiger partial charge in [-0.2, -0.15) is 0 Å². The highest BCUT2D eigenvalue weighted by atomic mass is 16.4. The van der Waals surface area contributed by atoms with Crippen LogP contribution in [0, 0.1) is 5.92 Å². The summed E-state index contributed by atoms with van der Waals surface area (Å²) in [6.07, 6.45) is 1.44. The van der Waals surface area contributed by atoms with Crippen molar-refractivity contribution >= 4 is 6.09 Å². The van der Waals surface area contributed by atoms with Gasteiger partial charge >= 0.3 is 6.09 Å². The van der Waals surface area contributed by atoms with Crippen molar-refractivity contribution < 1.29 is 15.0 Å². The van der Waals surface area contributed by atoms with E-state index in [4.69, 9.17) is 5.11 Å². The zero-order valence-corrected chi connectivity index (χ0v) is 6.81. The van der Waals surface area contributed by atoms with Gasteiger partial charge in [-0.1, -0.05) is 0 Å². The SMILES string of the molecule is O=C(O)N1CC2CCC1CC2O. The van der Waals surface area contributed by atoms with Gasteiger partial charge in [0.2, 0.25) is 0 Å². The summed E-state index contributed by atoms with van der Waals surface area (Å²) in [5.74, 6) is 0.186. The van der Waals surface area contributed by atoms with Gasteiger partial charge in [0.25, 0.3) is 0 Å². The molecule has 68 valence electrons. The van der Waals surface area contributed by atoms with Crippen LogP contribution >= 0.6 is 0 Å². The minimum Gasteiger partial charge on any atom is -0.465 e. The molecule has 1 saturated carbocycles. The van der Waals surface area contributed by atoms with Gasteiger partial charge in [-0.25, -0.2) is 4.79 Å². The van der Waals surface area contributed by atoms with Gasteiger partial charge in [-0.15, -0.1) is 0 Å². The van der Waals surface area contributed by atoms with E-state index in [0.29, 0.717) is 13.0 Å². The Morgan fingerprint density at radius 2 is 2.17 bits per heavy atom.